The Morgan fingerprint density at radius 3 is 2.80 bits per heavy atom. The lowest BCUT2D eigenvalue weighted by Gasteiger charge is -2.35. The first-order chi connectivity index (χ1) is 7.24. The number of nitrogens with zero attached hydrogens (tertiary/aromatic N) is 2. The van der Waals surface area contributed by atoms with Gasteiger partial charge in [0.15, 0.2) is 0 Å². The van der Waals surface area contributed by atoms with Crippen LogP contribution in [0.1, 0.15) is 18.4 Å². The maximum Gasteiger partial charge on any atom is 0.0521 e. The average molecular weight is 229 g/mol. The van der Waals surface area contributed by atoms with Gasteiger partial charge in [-0.25, -0.2) is 0 Å². The van der Waals surface area contributed by atoms with Gasteiger partial charge in [0, 0.05) is 32.3 Å². The van der Waals surface area contributed by atoms with Crippen molar-refractivity contribution in [2.75, 3.05) is 19.1 Å². The molecule has 0 amide bonds. The molecule has 0 radical (unpaired) electrons. The molecular weight excluding hydrogens is 212 g/mol. The minimum absolute atomic E-state index is 0.225. The van der Waals surface area contributed by atoms with E-state index >= 15 is 0 Å². The monoisotopic (exact) mass is 228 g/mol. The van der Waals surface area contributed by atoms with Crippen molar-refractivity contribution in [3.63, 3.8) is 0 Å². The number of rotatable bonds is 3. The molecule has 15 heavy (non-hydrogen) atoms. The van der Waals surface area contributed by atoms with Crippen molar-refractivity contribution in [1.29, 1.82) is 0 Å². The van der Waals surface area contributed by atoms with Gasteiger partial charge in [0.05, 0.1) is 6.20 Å². The van der Waals surface area contributed by atoms with Crippen molar-refractivity contribution >= 4 is 11.6 Å². The van der Waals surface area contributed by atoms with Crippen LogP contribution in [0.3, 0.4) is 0 Å². The standard InChI is InChI=1S/C11H17ClN2O/c1-14-8-10(7-13-14)6-11(9-12)2-4-15-5-3-11/h7-8H,2-6,9H2,1H3. The molecule has 0 atom stereocenters. The normalized spacial score (nSPS) is 20.4. The minimum atomic E-state index is 0.225. The van der Waals surface area contributed by atoms with E-state index in [4.69, 9.17) is 16.3 Å². The van der Waals surface area contributed by atoms with Crippen LogP contribution in [0.5, 0.6) is 0 Å². The molecule has 0 saturated carbocycles. The van der Waals surface area contributed by atoms with Gasteiger partial charge in [0.25, 0.3) is 0 Å². The molecule has 0 N–H and O–H groups in total. The molecule has 1 aliphatic heterocycles. The summed E-state index contributed by atoms with van der Waals surface area (Å²) in [6.07, 6.45) is 7.15. The molecule has 0 unspecified atom stereocenters. The van der Waals surface area contributed by atoms with Crippen molar-refractivity contribution in [2.45, 2.75) is 19.3 Å². The average Bonchev–Trinajstić information content (AvgIpc) is 2.65. The summed E-state index contributed by atoms with van der Waals surface area (Å²) in [7, 11) is 1.95. The molecule has 1 saturated heterocycles. The Balaban J connectivity index is 2.06. The fraction of sp³-hybridized carbons (Fsp3) is 0.727. The van der Waals surface area contributed by atoms with Gasteiger partial charge in [0.2, 0.25) is 0 Å². The molecule has 2 heterocycles. The van der Waals surface area contributed by atoms with Crippen LogP contribution in [-0.2, 0) is 18.2 Å². The van der Waals surface area contributed by atoms with Crippen molar-refractivity contribution in [3.8, 4) is 0 Å². The maximum atomic E-state index is 6.11. The van der Waals surface area contributed by atoms with Gasteiger partial charge in [-0.15, -0.1) is 11.6 Å². The molecule has 1 aromatic rings. The Morgan fingerprint density at radius 1 is 1.53 bits per heavy atom. The second kappa shape index (κ2) is 4.54. The molecule has 1 aliphatic rings. The van der Waals surface area contributed by atoms with Crippen molar-refractivity contribution in [1.82, 2.24) is 9.78 Å². The number of aromatic nitrogens is 2. The Labute approximate surface area is 95.4 Å². The summed E-state index contributed by atoms with van der Waals surface area (Å²) in [5.74, 6) is 0.714. The number of aryl methyl sites for hydroxylation is 1. The van der Waals surface area contributed by atoms with E-state index in [1.807, 2.05) is 17.9 Å². The van der Waals surface area contributed by atoms with Gasteiger partial charge in [0.1, 0.15) is 0 Å². The number of hydrogen-bond acceptors (Lipinski definition) is 2. The third-order valence-electron chi connectivity index (χ3n) is 3.17. The highest BCUT2D eigenvalue weighted by atomic mass is 35.5. The van der Waals surface area contributed by atoms with E-state index in [1.165, 1.54) is 5.56 Å². The third kappa shape index (κ3) is 2.52. The fourth-order valence-corrected chi connectivity index (χ4v) is 2.52. The summed E-state index contributed by atoms with van der Waals surface area (Å²) in [5.41, 5.74) is 1.50. The maximum absolute atomic E-state index is 6.11. The third-order valence-corrected chi connectivity index (χ3v) is 3.74. The second-order valence-electron chi connectivity index (χ2n) is 4.45. The molecule has 1 aromatic heterocycles. The van der Waals surface area contributed by atoms with E-state index in [1.54, 1.807) is 0 Å². The van der Waals surface area contributed by atoms with Gasteiger partial charge < -0.3 is 4.74 Å². The fourth-order valence-electron chi connectivity index (χ4n) is 2.16. The van der Waals surface area contributed by atoms with Gasteiger partial charge in [-0.3, -0.25) is 4.68 Å². The van der Waals surface area contributed by atoms with Gasteiger partial charge >= 0.3 is 0 Å². The van der Waals surface area contributed by atoms with Crippen molar-refractivity contribution in [2.24, 2.45) is 12.5 Å². The zero-order chi connectivity index (χ0) is 10.7. The van der Waals surface area contributed by atoms with E-state index in [2.05, 4.69) is 11.3 Å². The first-order valence-corrected chi connectivity index (χ1v) is 5.89. The topological polar surface area (TPSA) is 27.1 Å². The number of ether oxygens (including phenoxy) is 1. The first kappa shape index (κ1) is 11.0. The lowest BCUT2D eigenvalue weighted by molar-refractivity contribution is 0.0257. The predicted octanol–water partition coefficient (Wildman–Crippen LogP) is 2.00. The van der Waals surface area contributed by atoms with Gasteiger partial charge in [-0.1, -0.05) is 0 Å². The summed E-state index contributed by atoms with van der Waals surface area (Å²) in [6.45, 7) is 1.68. The summed E-state index contributed by atoms with van der Waals surface area (Å²) >= 11 is 6.11. The summed E-state index contributed by atoms with van der Waals surface area (Å²) in [4.78, 5) is 0. The van der Waals surface area contributed by atoms with E-state index in [-0.39, 0.29) is 5.41 Å². The molecule has 3 nitrogen and oxygen atoms in total. The van der Waals surface area contributed by atoms with Crippen LogP contribution >= 0.6 is 11.6 Å². The summed E-state index contributed by atoms with van der Waals surface area (Å²) < 4.78 is 7.23. The molecule has 1 fully saturated rings. The molecular formula is C11H17ClN2O. The Morgan fingerprint density at radius 2 is 2.27 bits per heavy atom. The minimum Gasteiger partial charge on any atom is -0.381 e. The highest BCUT2D eigenvalue weighted by molar-refractivity contribution is 6.18. The lowest BCUT2D eigenvalue weighted by atomic mass is 9.77. The van der Waals surface area contributed by atoms with Gasteiger partial charge in [-0.05, 0) is 30.2 Å². The SMILES string of the molecule is Cn1cc(CC2(CCl)CCOCC2)cn1. The molecule has 84 valence electrons. The molecule has 0 bridgehead atoms. The van der Waals surface area contributed by atoms with Crippen LogP contribution in [-0.4, -0.2) is 28.9 Å². The zero-order valence-corrected chi connectivity index (χ0v) is 9.83. The van der Waals surface area contributed by atoms with Crippen LogP contribution in [0.25, 0.3) is 0 Å². The molecule has 0 aromatic carbocycles. The van der Waals surface area contributed by atoms with Crippen LogP contribution in [0.4, 0.5) is 0 Å². The lowest BCUT2D eigenvalue weighted by Crippen LogP contribution is -2.33. The summed E-state index contributed by atoms with van der Waals surface area (Å²) in [6, 6.07) is 0. The highest BCUT2D eigenvalue weighted by Gasteiger charge is 2.32. The van der Waals surface area contributed by atoms with Crippen LogP contribution < -0.4 is 0 Å². The zero-order valence-electron chi connectivity index (χ0n) is 9.08. The van der Waals surface area contributed by atoms with Crippen LogP contribution in [0, 0.1) is 5.41 Å². The summed E-state index contributed by atoms with van der Waals surface area (Å²) in [5, 5.41) is 4.19. The van der Waals surface area contributed by atoms with Crippen molar-refractivity contribution in [3.05, 3.63) is 18.0 Å². The molecule has 2 rings (SSSR count). The van der Waals surface area contributed by atoms with Crippen molar-refractivity contribution < 1.29 is 4.74 Å². The van der Waals surface area contributed by atoms with E-state index in [0.717, 1.165) is 32.5 Å². The number of hydrogen-bond donors (Lipinski definition) is 0. The van der Waals surface area contributed by atoms with Crippen LogP contribution in [0.2, 0.25) is 0 Å². The van der Waals surface area contributed by atoms with Gasteiger partial charge in [-0.2, -0.15) is 5.10 Å². The molecule has 0 aliphatic carbocycles. The van der Waals surface area contributed by atoms with E-state index < -0.39 is 0 Å². The quantitative estimate of drug-likeness (QED) is 0.740. The largest absolute Gasteiger partial charge is 0.381 e. The number of alkyl halides is 1. The Bertz CT molecular complexity index is 318. The van der Waals surface area contributed by atoms with Crippen LogP contribution in [0.15, 0.2) is 12.4 Å². The highest BCUT2D eigenvalue weighted by Crippen LogP contribution is 2.35. The van der Waals surface area contributed by atoms with E-state index in [9.17, 15) is 0 Å². The van der Waals surface area contributed by atoms with E-state index in [0.29, 0.717) is 5.88 Å². The molecule has 0 spiro atoms. The Hall–Kier alpha value is -0.540. The Kier molecular flexibility index (Phi) is 3.32. The smallest absolute Gasteiger partial charge is 0.0521 e. The number of halogens is 1. The second-order valence-corrected chi connectivity index (χ2v) is 4.71. The predicted molar refractivity (Wildman–Crippen MR) is 60.1 cm³/mol. The molecule has 4 heteroatoms. The first-order valence-electron chi connectivity index (χ1n) is 5.35.